The Balaban J connectivity index is 1.83. The molecule has 0 spiro atoms. The van der Waals surface area contributed by atoms with E-state index in [0.717, 1.165) is 38.0 Å². The first-order chi connectivity index (χ1) is 10.3. The molecule has 2 unspecified atom stereocenters. The van der Waals surface area contributed by atoms with Gasteiger partial charge in [0.15, 0.2) is 0 Å². The van der Waals surface area contributed by atoms with Gasteiger partial charge >= 0.3 is 6.09 Å². The van der Waals surface area contributed by atoms with Crippen molar-refractivity contribution in [2.45, 2.75) is 64.6 Å². The first-order valence-corrected chi connectivity index (χ1v) is 8.91. The number of hydrogen-bond donors (Lipinski definition) is 1. The fraction of sp³-hybridized carbons (Fsp3) is 0.750. The highest BCUT2D eigenvalue weighted by molar-refractivity contribution is 7.07. The molecule has 6 heteroatoms. The third-order valence-corrected chi connectivity index (χ3v) is 4.37. The van der Waals surface area contributed by atoms with Crippen molar-refractivity contribution in [2.24, 2.45) is 0 Å². The molecular formula is C16H27N3O2S. The average molecular weight is 325 g/mol. The molecule has 124 valence electrons. The number of carbonyl (C=O) groups excluding carboxylic acids is 1. The van der Waals surface area contributed by atoms with Crippen LogP contribution in [-0.4, -0.2) is 40.7 Å². The van der Waals surface area contributed by atoms with E-state index >= 15 is 0 Å². The fourth-order valence-corrected chi connectivity index (χ4v) is 3.29. The summed E-state index contributed by atoms with van der Waals surface area (Å²) in [7, 11) is 0. The van der Waals surface area contributed by atoms with Crippen molar-refractivity contribution in [3.05, 3.63) is 16.6 Å². The van der Waals surface area contributed by atoms with E-state index in [2.05, 4.69) is 22.6 Å². The van der Waals surface area contributed by atoms with Gasteiger partial charge in [-0.3, -0.25) is 0 Å². The maximum atomic E-state index is 12.2. The second-order valence-electron chi connectivity index (χ2n) is 6.90. The first-order valence-electron chi connectivity index (χ1n) is 7.97. The van der Waals surface area contributed by atoms with Gasteiger partial charge in [-0.2, -0.15) is 0 Å². The number of ether oxygens (including phenoxy) is 1. The number of amides is 1. The summed E-state index contributed by atoms with van der Waals surface area (Å²) in [5.74, 6) is 0. The molecule has 1 saturated heterocycles. The Kier molecular flexibility index (Phi) is 5.81. The first kappa shape index (κ1) is 17.2. The largest absolute Gasteiger partial charge is 0.444 e. The van der Waals surface area contributed by atoms with Gasteiger partial charge in [-0.15, -0.1) is 11.3 Å². The van der Waals surface area contributed by atoms with Crippen LogP contribution in [-0.2, 0) is 4.74 Å². The van der Waals surface area contributed by atoms with E-state index in [1.54, 1.807) is 11.3 Å². The van der Waals surface area contributed by atoms with Gasteiger partial charge in [0, 0.05) is 30.6 Å². The van der Waals surface area contributed by atoms with E-state index in [1.807, 2.05) is 31.2 Å². The molecule has 1 aliphatic rings. The van der Waals surface area contributed by atoms with E-state index < -0.39 is 5.60 Å². The third-order valence-electron chi connectivity index (χ3n) is 3.76. The van der Waals surface area contributed by atoms with Gasteiger partial charge < -0.3 is 15.0 Å². The standard InChI is InChI=1S/C16H27N3O2S/c1-12(14-10-22-11-17-14)18-13-6-5-8-19(9-7-13)15(20)21-16(2,3)4/h10-13,18H,5-9H2,1-4H3. The minimum absolute atomic E-state index is 0.194. The van der Waals surface area contributed by atoms with Gasteiger partial charge in [0.2, 0.25) is 0 Å². The highest BCUT2D eigenvalue weighted by Gasteiger charge is 2.25. The molecule has 1 aromatic rings. The Bertz CT molecular complexity index is 470. The summed E-state index contributed by atoms with van der Waals surface area (Å²) in [5, 5.41) is 5.72. The topological polar surface area (TPSA) is 54.5 Å². The number of hydrogen-bond acceptors (Lipinski definition) is 5. The lowest BCUT2D eigenvalue weighted by molar-refractivity contribution is 0.0256. The van der Waals surface area contributed by atoms with E-state index in [9.17, 15) is 4.79 Å². The second-order valence-corrected chi connectivity index (χ2v) is 7.62. The summed E-state index contributed by atoms with van der Waals surface area (Å²) in [5.41, 5.74) is 2.53. The van der Waals surface area contributed by atoms with Gasteiger partial charge in [-0.1, -0.05) is 0 Å². The van der Waals surface area contributed by atoms with Crippen molar-refractivity contribution in [3.8, 4) is 0 Å². The van der Waals surface area contributed by atoms with Crippen molar-refractivity contribution in [2.75, 3.05) is 13.1 Å². The van der Waals surface area contributed by atoms with Crippen LogP contribution >= 0.6 is 11.3 Å². The Morgan fingerprint density at radius 2 is 2.23 bits per heavy atom. The van der Waals surface area contributed by atoms with Crippen LogP contribution in [0.5, 0.6) is 0 Å². The van der Waals surface area contributed by atoms with Crippen LogP contribution in [0.15, 0.2) is 10.9 Å². The van der Waals surface area contributed by atoms with E-state index in [-0.39, 0.29) is 12.1 Å². The minimum Gasteiger partial charge on any atom is -0.444 e. The summed E-state index contributed by atoms with van der Waals surface area (Å²) in [6.07, 6.45) is 2.84. The van der Waals surface area contributed by atoms with Gasteiger partial charge in [-0.25, -0.2) is 9.78 Å². The van der Waals surface area contributed by atoms with E-state index in [1.165, 1.54) is 0 Å². The van der Waals surface area contributed by atoms with Crippen molar-refractivity contribution in [3.63, 3.8) is 0 Å². The van der Waals surface area contributed by atoms with Crippen LogP contribution < -0.4 is 5.32 Å². The summed E-state index contributed by atoms with van der Waals surface area (Å²) in [6.45, 7) is 9.38. The van der Waals surface area contributed by atoms with Crippen molar-refractivity contribution in [1.82, 2.24) is 15.2 Å². The number of nitrogens with one attached hydrogen (secondary N) is 1. The number of rotatable bonds is 3. The lowest BCUT2D eigenvalue weighted by Crippen LogP contribution is -2.38. The molecule has 1 N–H and O–H groups in total. The quantitative estimate of drug-likeness (QED) is 0.923. The summed E-state index contributed by atoms with van der Waals surface area (Å²) in [6, 6.07) is 0.675. The zero-order valence-electron chi connectivity index (χ0n) is 14.0. The highest BCUT2D eigenvalue weighted by atomic mass is 32.1. The number of likely N-dealkylation sites (tertiary alicyclic amines) is 1. The molecule has 0 aliphatic carbocycles. The third kappa shape index (κ3) is 5.25. The Labute approximate surface area is 137 Å². The van der Waals surface area contributed by atoms with Gasteiger partial charge in [0.05, 0.1) is 11.2 Å². The molecule has 2 rings (SSSR count). The lowest BCUT2D eigenvalue weighted by Gasteiger charge is -2.26. The molecule has 5 nitrogen and oxygen atoms in total. The second kappa shape index (κ2) is 7.42. The summed E-state index contributed by atoms with van der Waals surface area (Å²) in [4.78, 5) is 18.4. The molecule has 1 aliphatic heterocycles. The Morgan fingerprint density at radius 3 is 2.86 bits per heavy atom. The van der Waals surface area contributed by atoms with Gasteiger partial charge in [0.25, 0.3) is 0 Å². The van der Waals surface area contributed by atoms with Crippen molar-refractivity contribution >= 4 is 17.4 Å². The van der Waals surface area contributed by atoms with E-state index in [4.69, 9.17) is 4.74 Å². The van der Waals surface area contributed by atoms with E-state index in [0.29, 0.717) is 6.04 Å². The Morgan fingerprint density at radius 1 is 1.45 bits per heavy atom. The zero-order valence-corrected chi connectivity index (χ0v) is 14.8. The smallest absolute Gasteiger partial charge is 0.410 e. The van der Waals surface area contributed by atoms with Crippen LogP contribution in [0, 0.1) is 0 Å². The molecule has 1 aromatic heterocycles. The minimum atomic E-state index is -0.430. The molecule has 2 atom stereocenters. The molecule has 0 aromatic carbocycles. The van der Waals surface area contributed by atoms with Crippen LogP contribution in [0.25, 0.3) is 0 Å². The maximum absolute atomic E-state index is 12.2. The highest BCUT2D eigenvalue weighted by Crippen LogP contribution is 2.19. The molecule has 0 bridgehead atoms. The normalized spacial score (nSPS) is 21.3. The number of aromatic nitrogens is 1. The molecule has 0 saturated carbocycles. The average Bonchev–Trinajstić information content (AvgIpc) is 2.84. The molecule has 22 heavy (non-hydrogen) atoms. The summed E-state index contributed by atoms with van der Waals surface area (Å²) < 4.78 is 5.47. The predicted molar refractivity (Wildman–Crippen MR) is 89.1 cm³/mol. The fourth-order valence-electron chi connectivity index (χ4n) is 2.65. The lowest BCUT2D eigenvalue weighted by atomic mass is 10.1. The van der Waals surface area contributed by atoms with Crippen LogP contribution in [0.3, 0.4) is 0 Å². The SMILES string of the molecule is CC(NC1CCCN(C(=O)OC(C)(C)C)CC1)c1cscn1. The maximum Gasteiger partial charge on any atom is 0.410 e. The van der Waals surface area contributed by atoms with Gasteiger partial charge in [0.1, 0.15) is 5.60 Å². The number of carbonyl (C=O) groups is 1. The molecule has 0 radical (unpaired) electrons. The molecule has 2 heterocycles. The summed E-state index contributed by atoms with van der Waals surface area (Å²) >= 11 is 1.62. The number of thiazole rings is 1. The van der Waals surface area contributed by atoms with Crippen LogP contribution in [0.1, 0.15) is 58.7 Å². The predicted octanol–water partition coefficient (Wildman–Crippen LogP) is 3.58. The van der Waals surface area contributed by atoms with Crippen molar-refractivity contribution < 1.29 is 9.53 Å². The zero-order chi connectivity index (χ0) is 16.2. The Hall–Kier alpha value is -1.14. The van der Waals surface area contributed by atoms with Crippen molar-refractivity contribution in [1.29, 1.82) is 0 Å². The molecule has 1 fully saturated rings. The monoisotopic (exact) mass is 325 g/mol. The molecule has 1 amide bonds. The van der Waals surface area contributed by atoms with Gasteiger partial charge in [-0.05, 0) is 47.0 Å². The van der Waals surface area contributed by atoms with Crippen LogP contribution in [0.2, 0.25) is 0 Å². The number of nitrogens with zero attached hydrogens (tertiary/aromatic N) is 2. The molecular weight excluding hydrogens is 298 g/mol. The van der Waals surface area contributed by atoms with Crippen LogP contribution in [0.4, 0.5) is 4.79 Å².